The number of para-hydroxylation sites is 2. The number of ether oxygens (including phenoxy) is 1. The molecule has 2 aliphatic heterocycles. The average molecular weight is 826 g/mol. The Morgan fingerprint density at radius 2 is 1.43 bits per heavy atom. The molecule has 0 saturated heterocycles. The molecule has 5 aromatic carbocycles. The summed E-state index contributed by atoms with van der Waals surface area (Å²) in [4.78, 5) is 18.0. The molecule has 8 aromatic rings. The van der Waals surface area contributed by atoms with E-state index in [1.165, 1.54) is 49.7 Å². The molecule has 0 unspecified atom stereocenters. The Morgan fingerprint density at radius 1 is 0.667 bits per heavy atom. The van der Waals surface area contributed by atoms with E-state index >= 15 is 0 Å². The Labute approximate surface area is 371 Å². The van der Waals surface area contributed by atoms with Crippen molar-refractivity contribution in [1.82, 2.24) is 14.5 Å². The number of hydrogen-bond donors (Lipinski definition) is 0. The van der Waals surface area contributed by atoms with Gasteiger partial charge in [-0.15, -0.1) is 0 Å². The Kier molecular flexibility index (Phi) is 8.42. The molecule has 5 heterocycles. The molecule has 11 rings (SSSR count). The topological polar surface area (TPSA) is 55.5 Å². The number of fused-ring (bicyclic) bond motifs is 8. The van der Waals surface area contributed by atoms with Gasteiger partial charge in [0.05, 0.1) is 28.1 Å². The van der Waals surface area contributed by atoms with Gasteiger partial charge in [0.25, 0.3) is 0 Å². The summed E-state index contributed by atoms with van der Waals surface area (Å²) < 4.78 is 9.53. The first-order valence-electron chi connectivity index (χ1n) is 22.4. The quantitative estimate of drug-likeness (QED) is 0.177. The number of aryl methyl sites for hydroxylation is 2. The molecule has 0 fully saturated rings. The molecule has 6 heteroatoms. The lowest BCUT2D eigenvalue weighted by atomic mass is 9.63. The number of aliphatic imine (C=N–C) groups is 1. The minimum absolute atomic E-state index is 0.0313. The third-order valence-electron chi connectivity index (χ3n) is 14.2. The zero-order chi connectivity index (χ0) is 43.8. The number of aromatic nitrogens is 3. The van der Waals surface area contributed by atoms with Gasteiger partial charge in [-0.2, -0.15) is 0 Å². The number of benzene rings is 5. The van der Waals surface area contributed by atoms with Gasteiger partial charge < -0.3 is 9.64 Å². The van der Waals surface area contributed by atoms with Crippen molar-refractivity contribution < 1.29 is 4.74 Å². The second-order valence-corrected chi connectivity index (χ2v) is 20.7. The molecule has 3 aliphatic rings. The maximum Gasteiger partial charge on any atom is 0.217 e. The highest BCUT2D eigenvalue weighted by atomic mass is 16.5. The number of nitrogens with zero attached hydrogens (tertiary/aromatic N) is 5. The largest absolute Gasteiger partial charge is 0.467 e. The summed E-state index contributed by atoms with van der Waals surface area (Å²) in [5.74, 6) is 1.59. The minimum Gasteiger partial charge on any atom is -0.467 e. The van der Waals surface area contributed by atoms with Crippen LogP contribution in [0.15, 0.2) is 139 Å². The second kappa shape index (κ2) is 13.5. The lowest BCUT2D eigenvalue weighted by Gasteiger charge is -2.44. The first-order valence-corrected chi connectivity index (χ1v) is 22.4. The molecule has 0 spiro atoms. The van der Waals surface area contributed by atoms with Crippen LogP contribution >= 0.6 is 0 Å². The van der Waals surface area contributed by atoms with E-state index in [1.54, 1.807) is 0 Å². The molecule has 0 saturated carbocycles. The molecule has 1 aliphatic carbocycles. The predicted molar refractivity (Wildman–Crippen MR) is 260 cm³/mol. The van der Waals surface area contributed by atoms with E-state index < -0.39 is 5.54 Å². The van der Waals surface area contributed by atoms with E-state index in [1.807, 2.05) is 18.5 Å². The van der Waals surface area contributed by atoms with Crippen LogP contribution in [0.4, 0.5) is 17.1 Å². The van der Waals surface area contributed by atoms with Gasteiger partial charge in [-0.25, -0.2) is 9.98 Å². The van der Waals surface area contributed by atoms with Gasteiger partial charge in [0.2, 0.25) is 5.90 Å². The number of anilines is 3. The molecule has 0 radical (unpaired) electrons. The van der Waals surface area contributed by atoms with E-state index in [4.69, 9.17) is 19.7 Å². The minimum atomic E-state index is -0.432. The smallest absolute Gasteiger partial charge is 0.217 e. The second-order valence-electron chi connectivity index (χ2n) is 20.7. The fraction of sp³-hybridized carbons (Fsp3) is 0.281. The van der Waals surface area contributed by atoms with Gasteiger partial charge in [0, 0.05) is 45.4 Å². The molecule has 63 heavy (non-hydrogen) atoms. The van der Waals surface area contributed by atoms with Crippen LogP contribution in [0, 0.1) is 13.8 Å². The lowest BCUT2D eigenvalue weighted by Crippen LogP contribution is -2.42. The van der Waals surface area contributed by atoms with Crippen LogP contribution in [0.5, 0.6) is 0 Å². The van der Waals surface area contributed by atoms with Crippen LogP contribution in [0.25, 0.3) is 38.9 Å². The van der Waals surface area contributed by atoms with Gasteiger partial charge in [-0.3, -0.25) is 9.55 Å². The fourth-order valence-electron chi connectivity index (χ4n) is 11.6. The predicted octanol–water partition coefficient (Wildman–Crippen LogP) is 14.2. The molecule has 6 nitrogen and oxygen atoms in total. The van der Waals surface area contributed by atoms with Crippen molar-refractivity contribution in [3.8, 4) is 17.1 Å². The van der Waals surface area contributed by atoms with Crippen molar-refractivity contribution in [3.63, 3.8) is 0 Å². The number of hydrogen-bond acceptors (Lipinski definition) is 5. The molecule has 0 N–H and O–H groups in total. The average Bonchev–Trinajstić information content (AvgIpc) is 3.77. The molecule has 3 aromatic heterocycles. The van der Waals surface area contributed by atoms with E-state index in [2.05, 4.69) is 194 Å². The summed E-state index contributed by atoms with van der Waals surface area (Å²) in [7, 11) is 0. The summed E-state index contributed by atoms with van der Waals surface area (Å²) in [6.45, 7) is 23.0. The van der Waals surface area contributed by atoms with Crippen LogP contribution in [0.1, 0.15) is 112 Å². The highest BCUT2D eigenvalue weighted by Gasteiger charge is 2.53. The zero-order valence-electron chi connectivity index (χ0n) is 38.1. The summed E-state index contributed by atoms with van der Waals surface area (Å²) >= 11 is 0. The van der Waals surface area contributed by atoms with E-state index in [9.17, 15) is 0 Å². The Morgan fingerprint density at radius 3 is 2.22 bits per heavy atom. The van der Waals surface area contributed by atoms with Crippen LogP contribution in [-0.4, -0.2) is 26.0 Å². The van der Waals surface area contributed by atoms with Gasteiger partial charge in [-0.05, 0) is 138 Å². The maximum absolute atomic E-state index is 7.18. The number of rotatable bonds is 4. The summed E-state index contributed by atoms with van der Waals surface area (Å²) in [5, 5.41) is 2.42. The first kappa shape index (κ1) is 39.3. The van der Waals surface area contributed by atoms with Crippen molar-refractivity contribution in [2.24, 2.45) is 4.99 Å². The fourth-order valence-corrected chi connectivity index (χ4v) is 11.6. The van der Waals surface area contributed by atoms with Crippen LogP contribution in [0.3, 0.4) is 0 Å². The molecular weight excluding hydrogens is 771 g/mol. The maximum atomic E-state index is 7.18. The molecule has 0 bridgehead atoms. The van der Waals surface area contributed by atoms with Crippen molar-refractivity contribution in [1.29, 1.82) is 0 Å². The Bertz CT molecular complexity index is 3220. The van der Waals surface area contributed by atoms with E-state index in [-0.39, 0.29) is 22.3 Å². The van der Waals surface area contributed by atoms with Crippen LogP contribution < -0.4 is 4.90 Å². The van der Waals surface area contributed by atoms with Crippen molar-refractivity contribution in [2.45, 2.75) is 104 Å². The van der Waals surface area contributed by atoms with Crippen molar-refractivity contribution in [3.05, 3.63) is 178 Å². The number of pyridine rings is 2. The summed E-state index contributed by atoms with van der Waals surface area (Å²) in [6, 6.07) is 44.5. The zero-order valence-corrected chi connectivity index (χ0v) is 38.1. The lowest BCUT2D eigenvalue weighted by molar-refractivity contribution is 0.108. The Hall–Kier alpha value is -6.53. The third kappa shape index (κ3) is 6.01. The highest BCUT2D eigenvalue weighted by Crippen LogP contribution is 2.56. The summed E-state index contributed by atoms with van der Waals surface area (Å²) in [5.41, 5.74) is 16.5. The molecule has 0 amide bonds. The van der Waals surface area contributed by atoms with Crippen LogP contribution in [0.2, 0.25) is 0 Å². The van der Waals surface area contributed by atoms with Crippen LogP contribution in [-0.2, 0) is 21.0 Å². The summed E-state index contributed by atoms with van der Waals surface area (Å²) in [6.07, 6.45) is 4.53. The normalized spacial score (nSPS) is 19.6. The Balaban J connectivity index is 1.16. The monoisotopic (exact) mass is 825 g/mol. The van der Waals surface area contributed by atoms with Gasteiger partial charge >= 0.3 is 0 Å². The molecule has 2 atom stereocenters. The highest BCUT2D eigenvalue weighted by molar-refractivity contribution is 6.11. The molecular formula is C57H55N5O. The van der Waals surface area contributed by atoms with Crippen molar-refractivity contribution in [2.75, 3.05) is 4.90 Å². The van der Waals surface area contributed by atoms with Crippen molar-refractivity contribution >= 4 is 44.8 Å². The third-order valence-corrected chi connectivity index (χ3v) is 14.2. The molecule has 314 valence electrons. The standard InChI is InChI=1S/C57H55N5O/c1-34-25-35(2)51-42(26-34)52-57(10,33-55(51,6)7)60-53(63-52)37-27-36(45-19-15-16-23-58-45)28-39(29-37)61-47-21-14-12-18-43(47)56(8,9)44-31-41-40-17-11-13-20-46(40)62(48(41)32-49(44)61)50-30-38(22-24-59-50)54(3,4)5/h11-32,52H,33H2,1-10H3/t52-,57+/m0/s1. The van der Waals surface area contributed by atoms with Gasteiger partial charge in [-0.1, -0.05) is 109 Å². The first-order chi connectivity index (χ1) is 30.0. The van der Waals surface area contributed by atoms with Gasteiger partial charge in [0.1, 0.15) is 11.4 Å². The van der Waals surface area contributed by atoms with E-state index in [0.717, 1.165) is 57.2 Å². The SMILES string of the molecule is Cc1cc(C)c2c(c1)[C@@H]1OC(c3cc(-c4ccccn4)cc(N4c5ccccc5C(C)(C)c5cc6c7ccccc7n(-c7cc(C(C)(C)C)ccn7)c6cc54)c3)=N[C@]1(C)CC2(C)C. The van der Waals surface area contributed by atoms with E-state index in [0.29, 0.717) is 5.90 Å². The van der Waals surface area contributed by atoms with Gasteiger partial charge in [0.15, 0.2) is 6.10 Å².